The first kappa shape index (κ1) is 15.4. The predicted molar refractivity (Wildman–Crippen MR) is 82.2 cm³/mol. The molecule has 0 bridgehead atoms. The number of nitrogens with zero attached hydrogens (tertiary/aromatic N) is 1. The lowest BCUT2D eigenvalue weighted by molar-refractivity contribution is -0.121. The van der Waals surface area contributed by atoms with Gasteiger partial charge >= 0.3 is 0 Å². The topological polar surface area (TPSA) is 41.6 Å². The number of carbonyl (C=O) groups excluding carboxylic acids is 1. The number of morpholine rings is 1. The van der Waals surface area contributed by atoms with E-state index in [1.54, 1.807) is 13.0 Å². The van der Waals surface area contributed by atoms with Crippen molar-refractivity contribution in [3.63, 3.8) is 0 Å². The van der Waals surface area contributed by atoms with E-state index in [0.29, 0.717) is 17.2 Å². The molecule has 1 aromatic carbocycles. The van der Waals surface area contributed by atoms with Crippen LogP contribution in [0, 0.1) is 12.7 Å². The number of hydrogen-bond acceptors (Lipinski definition) is 3. The van der Waals surface area contributed by atoms with Crippen molar-refractivity contribution in [1.82, 2.24) is 10.2 Å². The third kappa shape index (κ3) is 3.47. The minimum Gasteiger partial charge on any atom is -0.376 e. The maximum atomic E-state index is 13.5. The van der Waals surface area contributed by atoms with Gasteiger partial charge in [-0.3, -0.25) is 9.69 Å². The van der Waals surface area contributed by atoms with E-state index >= 15 is 0 Å². The number of hydrogen-bond donors (Lipinski definition) is 1. The van der Waals surface area contributed by atoms with E-state index in [1.165, 1.54) is 6.07 Å². The molecule has 2 fully saturated rings. The largest absolute Gasteiger partial charge is 0.376 e. The Kier molecular flexibility index (Phi) is 4.45. The molecule has 0 aliphatic carbocycles. The van der Waals surface area contributed by atoms with E-state index in [-0.39, 0.29) is 30.3 Å². The number of benzene rings is 1. The van der Waals surface area contributed by atoms with Gasteiger partial charge in [-0.25, -0.2) is 4.39 Å². The lowest BCUT2D eigenvalue weighted by atomic mass is 10.1. The van der Waals surface area contributed by atoms with Gasteiger partial charge in [-0.05, 0) is 37.5 Å². The van der Waals surface area contributed by atoms with Gasteiger partial charge in [0.2, 0.25) is 5.91 Å². The molecule has 2 aliphatic heterocycles. The monoisotopic (exact) mass is 306 g/mol. The van der Waals surface area contributed by atoms with Gasteiger partial charge in [-0.15, -0.1) is 0 Å². The number of nitrogens with one attached hydrogen (secondary N) is 1. The van der Waals surface area contributed by atoms with Crippen molar-refractivity contribution in [3.05, 3.63) is 35.1 Å². The quantitative estimate of drug-likeness (QED) is 0.923. The zero-order valence-electron chi connectivity index (χ0n) is 13.1. The van der Waals surface area contributed by atoms with Gasteiger partial charge in [-0.2, -0.15) is 0 Å². The lowest BCUT2D eigenvalue weighted by Crippen LogP contribution is -2.45. The van der Waals surface area contributed by atoms with E-state index < -0.39 is 0 Å². The van der Waals surface area contributed by atoms with Gasteiger partial charge in [0.15, 0.2) is 0 Å². The number of rotatable bonds is 3. The van der Waals surface area contributed by atoms with Crippen molar-refractivity contribution >= 4 is 5.91 Å². The first-order valence-electron chi connectivity index (χ1n) is 7.91. The zero-order chi connectivity index (χ0) is 15.7. The summed E-state index contributed by atoms with van der Waals surface area (Å²) >= 11 is 0. The molecule has 0 aromatic heterocycles. The van der Waals surface area contributed by atoms with Crippen LogP contribution >= 0.6 is 0 Å². The lowest BCUT2D eigenvalue weighted by Gasteiger charge is -2.33. The van der Waals surface area contributed by atoms with E-state index in [0.717, 1.165) is 26.1 Å². The highest BCUT2D eigenvalue weighted by molar-refractivity contribution is 5.79. The Morgan fingerprint density at radius 3 is 3.05 bits per heavy atom. The maximum absolute atomic E-state index is 13.5. The van der Waals surface area contributed by atoms with Crippen LogP contribution in [0.25, 0.3) is 0 Å². The van der Waals surface area contributed by atoms with Crippen molar-refractivity contribution in [1.29, 1.82) is 0 Å². The summed E-state index contributed by atoms with van der Waals surface area (Å²) in [6.45, 7) is 6.36. The molecule has 1 N–H and O–H groups in total. The summed E-state index contributed by atoms with van der Waals surface area (Å²) < 4.78 is 19.2. The predicted octanol–water partition coefficient (Wildman–Crippen LogP) is 1.65. The molecule has 22 heavy (non-hydrogen) atoms. The fourth-order valence-corrected chi connectivity index (χ4v) is 3.35. The molecule has 2 heterocycles. The van der Waals surface area contributed by atoms with E-state index in [2.05, 4.69) is 17.1 Å². The van der Waals surface area contributed by atoms with Crippen LogP contribution in [-0.2, 0) is 16.0 Å². The number of halogens is 1. The minimum absolute atomic E-state index is 0.0398. The first-order valence-corrected chi connectivity index (χ1v) is 7.91. The van der Waals surface area contributed by atoms with Crippen LogP contribution in [0.1, 0.15) is 24.5 Å². The molecule has 1 amide bonds. The number of carbonyl (C=O) groups is 1. The van der Waals surface area contributed by atoms with Gasteiger partial charge < -0.3 is 10.1 Å². The number of amides is 1. The Balaban J connectivity index is 1.53. The average molecular weight is 306 g/mol. The molecule has 0 spiro atoms. The fraction of sp³-hybridized carbons (Fsp3) is 0.588. The molecule has 3 rings (SSSR count). The summed E-state index contributed by atoms with van der Waals surface area (Å²) in [5, 5.41) is 3.07. The molecule has 2 saturated heterocycles. The maximum Gasteiger partial charge on any atom is 0.224 e. The van der Waals surface area contributed by atoms with Gasteiger partial charge in [-0.1, -0.05) is 12.1 Å². The Bertz CT molecular complexity index is 564. The molecule has 120 valence electrons. The summed E-state index contributed by atoms with van der Waals surface area (Å²) in [5.74, 6) is -0.295. The second-order valence-corrected chi connectivity index (χ2v) is 6.51. The standard InChI is InChI=1S/C17H23FN2O2/c1-11-3-4-13(5-16(11)18)6-17(21)19-14-7-15-10-22-12(2)8-20(15)9-14/h3-5,12,14-15H,6-10H2,1-2H3,(H,19,21)/t12-,14+,15-/m0/s1. The van der Waals surface area contributed by atoms with Crippen LogP contribution in [0.15, 0.2) is 18.2 Å². The van der Waals surface area contributed by atoms with Crippen molar-refractivity contribution in [2.24, 2.45) is 0 Å². The number of ether oxygens (including phenoxy) is 1. The second kappa shape index (κ2) is 6.34. The van der Waals surface area contributed by atoms with Crippen LogP contribution in [-0.4, -0.2) is 48.7 Å². The minimum atomic E-state index is -0.255. The molecule has 0 saturated carbocycles. The molecular formula is C17H23FN2O2. The molecule has 1 aromatic rings. The Hall–Kier alpha value is -1.46. The summed E-state index contributed by atoms with van der Waals surface area (Å²) in [4.78, 5) is 14.5. The van der Waals surface area contributed by atoms with Crippen molar-refractivity contribution in [2.75, 3.05) is 19.7 Å². The Morgan fingerprint density at radius 1 is 1.45 bits per heavy atom. The molecule has 5 heteroatoms. The fourth-order valence-electron chi connectivity index (χ4n) is 3.35. The highest BCUT2D eigenvalue weighted by Crippen LogP contribution is 2.23. The van der Waals surface area contributed by atoms with Gasteiger partial charge in [0.25, 0.3) is 0 Å². The van der Waals surface area contributed by atoms with Crippen LogP contribution < -0.4 is 5.32 Å². The number of aryl methyl sites for hydroxylation is 1. The summed E-state index contributed by atoms with van der Waals surface area (Å²) in [7, 11) is 0. The third-order valence-corrected chi connectivity index (χ3v) is 4.56. The van der Waals surface area contributed by atoms with Gasteiger partial charge in [0, 0.05) is 25.2 Å². The van der Waals surface area contributed by atoms with E-state index in [4.69, 9.17) is 4.74 Å². The van der Waals surface area contributed by atoms with Gasteiger partial charge in [0.1, 0.15) is 5.82 Å². The van der Waals surface area contributed by atoms with Crippen molar-refractivity contribution < 1.29 is 13.9 Å². The summed E-state index contributed by atoms with van der Waals surface area (Å²) in [6, 6.07) is 5.56. The molecule has 4 nitrogen and oxygen atoms in total. The smallest absolute Gasteiger partial charge is 0.224 e. The number of fused-ring (bicyclic) bond motifs is 1. The molecule has 2 aliphatic rings. The summed E-state index contributed by atoms with van der Waals surface area (Å²) in [5.41, 5.74) is 1.32. The van der Waals surface area contributed by atoms with Gasteiger partial charge in [0.05, 0.1) is 19.1 Å². The molecule has 0 radical (unpaired) electrons. The third-order valence-electron chi connectivity index (χ3n) is 4.56. The van der Waals surface area contributed by atoms with Crippen molar-refractivity contribution in [3.8, 4) is 0 Å². The Labute approximate surface area is 130 Å². The molecule has 0 unspecified atom stereocenters. The first-order chi connectivity index (χ1) is 10.5. The van der Waals surface area contributed by atoms with Crippen LogP contribution in [0.5, 0.6) is 0 Å². The van der Waals surface area contributed by atoms with Crippen LogP contribution in [0.4, 0.5) is 4.39 Å². The highest BCUT2D eigenvalue weighted by atomic mass is 19.1. The molecule has 3 atom stereocenters. The van der Waals surface area contributed by atoms with Crippen LogP contribution in [0.3, 0.4) is 0 Å². The van der Waals surface area contributed by atoms with Crippen LogP contribution in [0.2, 0.25) is 0 Å². The normalized spacial score (nSPS) is 28.4. The SMILES string of the molecule is Cc1ccc(CC(=O)N[C@@H]2C[C@H]3CO[C@@H](C)CN3C2)cc1F. The second-order valence-electron chi connectivity index (χ2n) is 6.51. The van der Waals surface area contributed by atoms with E-state index in [1.807, 2.05) is 6.07 Å². The average Bonchev–Trinajstić information content (AvgIpc) is 2.84. The molecular weight excluding hydrogens is 283 g/mol. The Morgan fingerprint density at radius 2 is 2.27 bits per heavy atom. The van der Waals surface area contributed by atoms with Crippen molar-refractivity contribution in [2.45, 2.75) is 44.9 Å². The van der Waals surface area contributed by atoms with E-state index in [9.17, 15) is 9.18 Å². The zero-order valence-corrected chi connectivity index (χ0v) is 13.1. The highest BCUT2D eigenvalue weighted by Gasteiger charge is 2.36. The summed E-state index contributed by atoms with van der Waals surface area (Å²) in [6.07, 6.45) is 1.42.